The first-order valence-corrected chi connectivity index (χ1v) is 11.9. The van der Waals surface area contributed by atoms with E-state index >= 15 is 0 Å². The second kappa shape index (κ2) is 10.4. The van der Waals surface area contributed by atoms with Gasteiger partial charge in [-0.1, -0.05) is 42.0 Å². The lowest BCUT2D eigenvalue weighted by Crippen LogP contribution is -2.37. The fourth-order valence-electron chi connectivity index (χ4n) is 3.93. The van der Waals surface area contributed by atoms with Crippen molar-refractivity contribution >= 4 is 46.1 Å². The summed E-state index contributed by atoms with van der Waals surface area (Å²) < 4.78 is 20.1. The number of rotatable bonds is 7. The van der Waals surface area contributed by atoms with Crippen LogP contribution >= 0.6 is 22.6 Å². The van der Waals surface area contributed by atoms with Gasteiger partial charge in [-0.05, 0) is 71.0 Å². The van der Waals surface area contributed by atoms with Crippen molar-refractivity contribution in [3.05, 3.63) is 92.8 Å². The normalized spacial score (nSPS) is 16.1. The molecule has 2 atom stereocenters. The van der Waals surface area contributed by atoms with Gasteiger partial charge in [0.15, 0.2) is 0 Å². The van der Waals surface area contributed by atoms with Gasteiger partial charge in [0.1, 0.15) is 17.6 Å². The molecular formula is C26H23FIN3O4. The first-order valence-electron chi connectivity index (χ1n) is 10.9. The molecule has 4 amide bonds. The van der Waals surface area contributed by atoms with E-state index in [2.05, 4.69) is 10.6 Å². The van der Waals surface area contributed by atoms with E-state index in [4.69, 9.17) is 4.74 Å². The van der Waals surface area contributed by atoms with E-state index in [0.29, 0.717) is 20.4 Å². The molecule has 1 heterocycles. The molecule has 4 rings (SSSR count). The lowest BCUT2D eigenvalue weighted by atomic mass is 9.99. The summed E-state index contributed by atoms with van der Waals surface area (Å²) in [5.74, 6) is -0.936. The van der Waals surface area contributed by atoms with Crippen LogP contribution in [0.5, 0.6) is 5.75 Å². The summed E-state index contributed by atoms with van der Waals surface area (Å²) in [6.45, 7) is 1.92. The molecule has 3 aromatic rings. The number of ether oxygens (including phenoxy) is 1. The van der Waals surface area contributed by atoms with Crippen LogP contribution in [0.25, 0.3) is 0 Å². The number of halogens is 2. The molecule has 0 spiro atoms. The molecule has 9 heteroatoms. The number of urea groups is 1. The van der Waals surface area contributed by atoms with E-state index < -0.39 is 35.7 Å². The fraction of sp³-hybridized carbons (Fsp3) is 0.192. The summed E-state index contributed by atoms with van der Waals surface area (Å²) in [5.41, 5.74) is 2.24. The number of aryl methyl sites for hydroxylation is 1. The molecule has 1 aliphatic rings. The third-order valence-electron chi connectivity index (χ3n) is 5.78. The van der Waals surface area contributed by atoms with Crippen LogP contribution in [-0.2, 0) is 9.59 Å². The molecule has 2 N–H and O–H groups in total. The maximum atomic E-state index is 14.3. The average Bonchev–Trinajstić information content (AvgIpc) is 3.13. The lowest BCUT2D eigenvalue weighted by molar-refractivity contribution is -0.130. The molecule has 180 valence electrons. The minimum atomic E-state index is -0.891. The summed E-state index contributed by atoms with van der Waals surface area (Å²) in [5, 5.41) is 5.27. The fourth-order valence-corrected chi connectivity index (χ4v) is 4.38. The number of amides is 4. The summed E-state index contributed by atoms with van der Waals surface area (Å²) in [4.78, 5) is 40.4. The van der Waals surface area contributed by atoms with Crippen molar-refractivity contribution in [2.45, 2.75) is 25.4 Å². The molecule has 0 aliphatic carbocycles. The standard InChI is InChI=1S/C26H23FIN3O4/c1-15-3-5-16(6-4-15)22(14-23(32)29-21-12-9-18(28)13-20(21)27)31-25(33)24(30-26(31)34)17-7-10-19(35-2)11-8-17/h3-13,22,24H,14H2,1-2H3,(H,29,32)(H,30,34). The molecule has 1 aliphatic heterocycles. The molecule has 1 fully saturated rings. The highest BCUT2D eigenvalue weighted by Crippen LogP contribution is 2.33. The minimum absolute atomic E-state index is 0.0337. The highest BCUT2D eigenvalue weighted by atomic mass is 127. The Labute approximate surface area is 215 Å². The topological polar surface area (TPSA) is 87.7 Å². The smallest absolute Gasteiger partial charge is 0.325 e. The number of hydrogen-bond acceptors (Lipinski definition) is 4. The van der Waals surface area contributed by atoms with Gasteiger partial charge in [-0.15, -0.1) is 0 Å². The van der Waals surface area contributed by atoms with Crippen LogP contribution in [0, 0.1) is 16.3 Å². The van der Waals surface area contributed by atoms with E-state index in [1.165, 1.54) is 12.1 Å². The lowest BCUT2D eigenvalue weighted by Gasteiger charge is -2.26. The number of carbonyl (C=O) groups is 3. The van der Waals surface area contributed by atoms with Crippen molar-refractivity contribution in [2.24, 2.45) is 0 Å². The number of methoxy groups -OCH3 is 1. The van der Waals surface area contributed by atoms with Gasteiger partial charge >= 0.3 is 6.03 Å². The van der Waals surface area contributed by atoms with Crippen LogP contribution in [0.2, 0.25) is 0 Å². The molecule has 0 saturated carbocycles. The summed E-state index contributed by atoms with van der Waals surface area (Å²) in [7, 11) is 1.54. The molecule has 7 nitrogen and oxygen atoms in total. The molecule has 35 heavy (non-hydrogen) atoms. The first kappa shape index (κ1) is 24.6. The van der Waals surface area contributed by atoms with Crippen molar-refractivity contribution in [2.75, 3.05) is 12.4 Å². The summed E-state index contributed by atoms with van der Waals surface area (Å²) in [6.07, 6.45) is -0.233. The quantitative estimate of drug-likeness (QED) is 0.297. The highest BCUT2D eigenvalue weighted by molar-refractivity contribution is 14.1. The Morgan fingerprint density at radius 3 is 2.43 bits per heavy atom. The maximum Gasteiger partial charge on any atom is 0.325 e. The predicted octanol–water partition coefficient (Wildman–Crippen LogP) is 5.11. The Morgan fingerprint density at radius 2 is 1.80 bits per heavy atom. The number of carbonyl (C=O) groups excluding carboxylic acids is 3. The summed E-state index contributed by atoms with van der Waals surface area (Å²) in [6, 6.07) is 16.2. The van der Waals surface area contributed by atoms with E-state index in [-0.39, 0.29) is 12.1 Å². The maximum absolute atomic E-state index is 14.3. The van der Waals surface area contributed by atoms with Crippen LogP contribution in [0.4, 0.5) is 14.9 Å². The summed E-state index contributed by atoms with van der Waals surface area (Å²) >= 11 is 1.98. The third kappa shape index (κ3) is 5.45. The number of anilines is 1. The van der Waals surface area contributed by atoms with Gasteiger partial charge in [0.05, 0.1) is 25.3 Å². The second-order valence-corrected chi connectivity index (χ2v) is 9.41. The highest BCUT2D eigenvalue weighted by Gasteiger charge is 2.44. The Balaban J connectivity index is 1.61. The van der Waals surface area contributed by atoms with Gasteiger partial charge in [0, 0.05) is 3.57 Å². The molecule has 0 radical (unpaired) electrons. The number of hydrogen-bond donors (Lipinski definition) is 2. The molecule has 0 aromatic heterocycles. The minimum Gasteiger partial charge on any atom is -0.497 e. The number of nitrogens with one attached hydrogen (secondary N) is 2. The zero-order valence-electron chi connectivity index (χ0n) is 19.0. The van der Waals surface area contributed by atoms with Crippen molar-refractivity contribution in [1.29, 1.82) is 0 Å². The zero-order chi connectivity index (χ0) is 25.1. The van der Waals surface area contributed by atoms with Gasteiger partial charge in [-0.25, -0.2) is 9.18 Å². The van der Waals surface area contributed by atoms with Gasteiger partial charge in [-0.3, -0.25) is 14.5 Å². The SMILES string of the molecule is COc1ccc(C2NC(=O)N(C(CC(=O)Nc3ccc(I)cc3F)c3ccc(C)cc3)C2=O)cc1. The Bertz CT molecular complexity index is 1260. The molecule has 2 unspecified atom stereocenters. The second-order valence-electron chi connectivity index (χ2n) is 8.17. The van der Waals surface area contributed by atoms with Gasteiger partial charge in [0.25, 0.3) is 5.91 Å². The van der Waals surface area contributed by atoms with E-state index in [9.17, 15) is 18.8 Å². The number of benzene rings is 3. The van der Waals surface area contributed by atoms with Crippen molar-refractivity contribution in [3.8, 4) is 5.75 Å². The van der Waals surface area contributed by atoms with Crippen LogP contribution in [0.15, 0.2) is 66.7 Å². The van der Waals surface area contributed by atoms with Gasteiger partial charge in [0.2, 0.25) is 5.91 Å². The predicted molar refractivity (Wildman–Crippen MR) is 137 cm³/mol. The van der Waals surface area contributed by atoms with Crippen LogP contribution in [-0.4, -0.2) is 29.9 Å². The van der Waals surface area contributed by atoms with Crippen LogP contribution < -0.4 is 15.4 Å². The van der Waals surface area contributed by atoms with Crippen LogP contribution in [0.3, 0.4) is 0 Å². The largest absolute Gasteiger partial charge is 0.497 e. The van der Waals surface area contributed by atoms with E-state index in [1.54, 1.807) is 49.6 Å². The molecular weight excluding hydrogens is 564 g/mol. The number of nitrogens with zero attached hydrogens (tertiary/aromatic N) is 1. The van der Waals surface area contributed by atoms with E-state index in [1.807, 2.05) is 41.6 Å². The van der Waals surface area contributed by atoms with Crippen molar-refractivity contribution < 1.29 is 23.5 Å². The first-order chi connectivity index (χ1) is 16.8. The Morgan fingerprint density at radius 1 is 1.11 bits per heavy atom. The molecule has 0 bridgehead atoms. The van der Waals surface area contributed by atoms with Crippen molar-refractivity contribution in [1.82, 2.24) is 10.2 Å². The average molecular weight is 587 g/mol. The monoisotopic (exact) mass is 587 g/mol. The van der Waals surface area contributed by atoms with Crippen molar-refractivity contribution in [3.63, 3.8) is 0 Å². The molecule has 1 saturated heterocycles. The van der Waals surface area contributed by atoms with Gasteiger partial charge in [-0.2, -0.15) is 0 Å². The Hall–Kier alpha value is -3.47. The molecule has 3 aromatic carbocycles. The van der Waals surface area contributed by atoms with E-state index in [0.717, 1.165) is 10.5 Å². The van der Waals surface area contributed by atoms with Crippen LogP contribution in [0.1, 0.15) is 35.2 Å². The Kier molecular flexibility index (Phi) is 7.34. The van der Waals surface area contributed by atoms with Gasteiger partial charge < -0.3 is 15.4 Å². The third-order valence-corrected chi connectivity index (χ3v) is 6.45. The number of imide groups is 1. The zero-order valence-corrected chi connectivity index (χ0v) is 21.2.